The minimum atomic E-state index is -1.02. The molecule has 3 atom stereocenters. The van der Waals surface area contributed by atoms with Gasteiger partial charge in [0.25, 0.3) is 0 Å². The van der Waals surface area contributed by atoms with Crippen LogP contribution in [0.15, 0.2) is 134 Å². The number of aromatic nitrogens is 1. The van der Waals surface area contributed by atoms with Crippen LogP contribution in [0.3, 0.4) is 0 Å². The van der Waals surface area contributed by atoms with Crippen LogP contribution in [0.1, 0.15) is 134 Å². The second-order valence-electron chi connectivity index (χ2n) is 22.1. The lowest BCUT2D eigenvalue weighted by molar-refractivity contribution is -0.774. The summed E-state index contributed by atoms with van der Waals surface area (Å²) in [5.74, 6) is 0.398. The number of nitrogens with zero attached hydrogens (tertiary/aromatic N) is 3. The number of para-hydroxylation sites is 1. The van der Waals surface area contributed by atoms with Crippen molar-refractivity contribution in [2.45, 2.75) is 124 Å². The molecule has 1 aromatic heterocycles. The zero-order valence-electron chi connectivity index (χ0n) is 39.8. The summed E-state index contributed by atoms with van der Waals surface area (Å²) in [6, 6.07) is 48.9. The van der Waals surface area contributed by atoms with Gasteiger partial charge < -0.3 is 9.64 Å². The van der Waals surface area contributed by atoms with E-state index in [4.69, 9.17) is 4.74 Å². The molecule has 1 spiro atoms. The summed E-state index contributed by atoms with van der Waals surface area (Å²) in [5, 5.41) is 0. The van der Waals surface area contributed by atoms with Gasteiger partial charge in [0.05, 0.1) is 22.6 Å². The largest absolute Gasteiger partial charge is 0.432 e. The van der Waals surface area contributed by atoms with Crippen molar-refractivity contribution < 1.29 is 9.30 Å². The molecule has 322 valence electrons. The van der Waals surface area contributed by atoms with E-state index in [1.165, 1.54) is 101 Å². The number of benzene rings is 6. The summed E-state index contributed by atoms with van der Waals surface area (Å²) in [7, 11) is 0. The lowest BCUT2D eigenvalue weighted by Crippen LogP contribution is -2.71. The molecule has 7 aromatic rings. The number of ether oxygens (including phenoxy) is 1. The molecule has 0 radical (unpaired) electrons. The fraction of sp³-hybridized carbons (Fsp3) is 0.317. The van der Waals surface area contributed by atoms with Crippen LogP contribution in [-0.4, -0.2) is 0 Å². The Kier molecular flexibility index (Phi) is 8.69. The Labute approximate surface area is 381 Å². The first-order valence-electron chi connectivity index (χ1n) is 23.5. The SMILES string of the molecule is CCC(C)c1ccc(N2c3cccc4c3N3C2c2cc(C(C)(C)C)cc(C(C)(C)C)c2OC32c3c-4cc(C(C)(C)C)cc3-c3cc(-c4ccc(C)cc4)cc[n+]32)c(-c2ccccc2)c1. The van der Waals surface area contributed by atoms with E-state index in [2.05, 4.69) is 231 Å². The van der Waals surface area contributed by atoms with Gasteiger partial charge in [-0.2, -0.15) is 0 Å². The van der Waals surface area contributed by atoms with Crippen molar-refractivity contribution in [3.8, 4) is 50.4 Å². The maximum atomic E-state index is 8.18. The minimum absolute atomic E-state index is 0.0882. The summed E-state index contributed by atoms with van der Waals surface area (Å²) in [6.07, 6.45) is 3.16. The maximum Gasteiger partial charge on any atom is 0.432 e. The van der Waals surface area contributed by atoms with E-state index >= 15 is 0 Å². The van der Waals surface area contributed by atoms with E-state index in [0.29, 0.717) is 5.92 Å². The molecule has 4 nitrogen and oxygen atoms in total. The van der Waals surface area contributed by atoms with E-state index in [-0.39, 0.29) is 22.4 Å². The molecule has 6 aromatic carbocycles. The molecular formula is C60H62N3O+. The maximum absolute atomic E-state index is 8.18. The van der Waals surface area contributed by atoms with Gasteiger partial charge >= 0.3 is 5.85 Å². The van der Waals surface area contributed by atoms with Gasteiger partial charge in [-0.3, -0.25) is 0 Å². The highest BCUT2D eigenvalue weighted by Crippen LogP contribution is 2.68. The van der Waals surface area contributed by atoms with Gasteiger partial charge in [0.1, 0.15) is 17.5 Å². The predicted molar refractivity (Wildman–Crippen MR) is 266 cm³/mol. The second-order valence-corrected chi connectivity index (χ2v) is 22.1. The Morgan fingerprint density at radius 3 is 2.02 bits per heavy atom. The first-order chi connectivity index (χ1) is 30.4. The number of hydrogen-bond donors (Lipinski definition) is 0. The summed E-state index contributed by atoms with van der Waals surface area (Å²) in [6.45, 7) is 27.9. The minimum Gasteiger partial charge on any atom is -0.410 e. The Hall–Kier alpha value is -6.13. The summed E-state index contributed by atoms with van der Waals surface area (Å²) < 4.78 is 10.7. The summed E-state index contributed by atoms with van der Waals surface area (Å²) in [4.78, 5) is 5.36. The van der Waals surface area contributed by atoms with E-state index in [0.717, 1.165) is 12.2 Å². The molecule has 0 amide bonds. The van der Waals surface area contributed by atoms with Crippen molar-refractivity contribution in [1.82, 2.24) is 0 Å². The van der Waals surface area contributed by atoms with Crippen LogP contribution >= 0.6 is 0 Å². The zero-order valence-corrected chi connectivity index (χ0v) is 39.8. The molecule has 0 aliphatic carbocycles. The molecule has 4 aliphatic heterocycles. The van der Waals surface area contributed by atoms with E-state index in [1.807, 2.05) is 0 Å². The Bertz CT molecular complexity index is 3050. The molecule has 11 rings (SSSR count). The Balaban J connectivity index is 1.30. The molecule has 0 fully saturated rings. The van der Waals surface area contributed by atoms with Crippen LogP contribution in [0, 0.1) is 6.92 Å². The third-order valence-electron chi connectivity index (χ3n) is 14.8. The number of anilines is 3. The highest BCUT2D eigenvalue weighted by Gasteiger charge is 2.70. The smallest absolute Gasteiger partial charge is 0.410 e. The van der Waals surface area contributed by atoms with Gasteiger partial charge in [-0.15, -0.1) is 4.57 Å². The summed E-state index contributed by atoms with van der Waals surface area (Å²) in [5.41, 5.74) is 21.9. The van der Waals surface area contributed by atoms with Gasteiger partial charge in [-0.1, -0.05) is 161 Å². The van der Waals surface area contributed by atoms with Crippen molar-refractivity contribution in [3.05, 3.63) is 173 Å². The number of hydrogen-bond acceptors (Lipinski definition) is 3. The highest BCUT2D eigenvalue weighted by molar-refractivity contribution is 6.03. The third kappa shape index (κ3) is 5.76. The van der Waals surface area contributed by atoms with Crippen LogP contribution in [-0.2, 0) is 22.1 Å². The molecule has 0 N–H and O–H groups in total. The standard InChI is InChI=1S/C60H62N3O/c1-13-37(3)40-26-27-50(45(30-40)39-18-15-14-16-19-39)62-51-21-17-20-44-46-32-42(57(4,5)6)33-47-52-31-41(38-24-22-36(2)23-25-38)28-29-61(52)60(53(46)47)63(54(44)51)56(62)48-34-43(58(7,8)9)35-49(55(48)64-60)59(10,11)12/h14-35,37,56H,13H2,1-12H3/q+1. The normalized spacial score (nSPS) is 18.3. The Morgan fingerprint density at radius 2 is 1.33 bits per heavy atom. The first-order valence-corrected chi connectivity index (χ1v) is 23.5. The zero-order chi connectivity index (χ0) is 44.8. The van der Waals surface area contributed by atoms with E-state index in [1.54, 1.807) is 0 Å². The van der Waals surface area contributed by atoms with Crippen LogP contribution in [0.4, 0.5) is 17.1 Å². The van der Waals surface area contributed by atoms with Crippen LogP contribution < -0.4 is 19.1 Å². The molecule has 5 heterocycles. The lowest BCUT2D eigenvalue weighted by atomic mass is 9.77. The molecule has 3 unspecified atom stereocenters. The topological polar surface area (TPSA) is 19.6 Å². The Morgan fingerprint density at radius 1 is 0.625 bits per heavy atom. The third-order valence-corrected chi connectivity index (χ3v) is 14.8. The molecule has 0 saturated carbocycles. The van der Waals surface area contributed by atoms with Crippen molar-refractivity contribution in [2.24, 2.45) is 0 Å². The van der Waals surface area contributed by atoms with Gasteiger partial charge in [0.15, 0.2) is 6.20 Å². The number of aryl methyl sites for hydroxylation is 1. The van der Waals surface area contributed by atoms with Crippen LogP contribution in [0.5, 0.6) is 5.75 Å². The van der Waals surface area contributed by atoms with Gasteiger partial charge in [-0.25, -0.2) is 4.90 Å². The van der Waals surface area contributed by atoms with Gasteiger partial charge in [-0.05, 0) is 105 Å². The molecule has 4 aliphatic rings. The molecule has 0 bridgehead atoms. The van der Waals surface area contributed by atoms with Crippen molar-refractivity contribution in [1.29, 1.82) is 0 Å². The number of fused-ring (bicyclic) bond motifs is 5. The fourth-order valence-corrected chi connectivity index (χ4v) is 10.9. The lowest BCUT2D eigenvalue weighted by Gasteiger charge is -2.49. The molecule has 4 heteroatoms. The average molecular weight is 841 g/mol. The van der Waals surface area contributed by atoms with E-state index < -0.39 is 5.85 Å². The van der Waals surface area contributed by atoms with Crippen molar-refractivity contribution in [2.75, 3.05) is 9.80 Å². The van der Waals surface area contributed by atoms with Crippen LogP contribution in [0.25, 0.3) is 44.6 Å². The van der Waals surface area contributed by atoms with Crippen LogP contribution in [0.2, 0.25) is 0 Å². The average Bonchev–Trinajstić information content (AvgIpc) is 3.76. The molecular weight excluding hydrogens is 779 g/mol. The first kappa shape index (κ1) is 40.6. The number of rotatable bonds is 5. The van der Waals surface area contributed by atoms with E-state index in [9.17, 15) is 0 Å². The second kappa shape index (κ2) is 13.7. The fourth-order valence-electron chi connectivity index (χ4n) is 10.9. The highest BCUT2D eigenvalue weighted by atomic mass is 16.5. The van der Waals surface area contributed by atoms with Crippen molar-refractivity contribution in [3.63, 3.8) is 0 Å². The molecule has 64 heavy (non-hydrogen) atoms. The summed E-state index contributed by atoms with van der Waals surface area (Å²) >= 11 is 0. The molecule has 0 saturated heterocycles. The van der Waals surface area contributed by atoms with Gasteiger partial charge in [0, 0.05) is 39.9 Å². The monoisotopic (exact) mass is 840 g/mol. The predicted octanol–water partition coefficient (Wildman–Crippen LogP) is 15.4. The number of pyridine rings is 1. The van der Waals surface area contributed by atoms with Gasteiger partial charge in [0.2, 0.25) is 5.69 Å². The quantitative estimate of drug-likeness (QED) is 0.161. The van der Waals surface area contributed by atoms with Crippen molar-refractivity contribution >= 4 is 17.1 Å².